The Labute approximate surface area is 125 Å². The number of hydrogen-bond acceptors (Lipinski definition) is 4. The summed E-state index contributed by atoms with van der Waals surface area (Å²) in [5, 5.41) is 18.0. The van der Waals surface area contributed by atoms with Gasteiger partial charge in [-0.1, -0.05) is 18.2 Å². The van der Waals surface area contributed by atoms with Crippen LogP contribution in [0.15, 0.2) is 35.1 Å². The average molecular weight is 298 g/mol. The lowest BCUT2D eigenvalue weighted by Gasteiger charge is -2.04. The number of benzene rings is 1. The predicted octanol–water partition coefficient (Wildman–Crippen LogP) is 1.28. The Kier molecular flexibility index (Phi) is 3.25. The molecule has 2 heterocycles. The summed E-state index contributed by atoms with van der Waals surface area (Å²) >= 11 is 0. The van der Waals surface area contributed by atoms with E-state index in [2.05, 4.69) is 10.2 Å². The molecule has 2 aromatic heterocycles. The predicted molar refractivity (Wildman–Crippen MR) is 80.2 cm³/mol. The highest BCUT2D eigenvalue weighted by Crippen LogP contribution is 2.20. The van der Waals surface area contributed by atoms with Gasteiger partial charge in [0.25, 0.3) is 5.56 Å². The monoisotopic (exact) mass is 298 g/mol. The molecule has 0 amide bonds. The Hall–Kier alpha value is -2.96. The molecular formula is C15H14N4O3. The molecule has 0 bridgehead atoms. The van der Waals surface area contributed by atoms with Gasteiger partial charge in [0.2, 0.25) is 0 Å². The number of carboxylic acid groups (broad SMARTS) is 1. The van der Waals surface area contributed by atoms with E-state index < -0.39 is 18.1 Å². The van der Waals surface area contributed by atoms with Crippen LogP contribution in [0.25, 0.3) is 16.6 Å². The largest absolute Gasteiger partial charge is 0.480 e. The van der Waals surface area contributed by atoms with Crippen molar-refractivity contribution in [1.29, 1.82) is 0 Å². The summed E-state index contributed by atoms with van der Waals surface area (Å²) in [6, 6.07) is 9.44. The van der Waals surface area contributed by atoms with Crippen molar-refractivity contribution in [3.8, 4) is 5.69 Å². The van der Waals surface area contributed by atoms with Crippen molar-refractivity contribution < 1.29 is 9.90 Å². The molecule has 1 N–H and O–H groups in total. The van der Waals surface area contributed by atoms with Crippen molar-refractivity contribution in [3.05, 3.63) is 52.1 Å². The van der Waals surface area contributed by atoms with E-state index in [1.807, 2.05) is 37.3 Å². The van der Waals surface area contributed by atoms with E-state index in [4.69, 9.17) is 5.11 Å². The molecule has 7 heteroatoms. The smallest absolute Gasteiger partial charge is 0.325 e. The van der Waals surface area contributed by atoms with Gasteiger partial charge in [-0.05, 0) is 26.0 Å². The van der Waals surface area contributed by atoms with Gasteiger partial charge in [0.05, 0.1) is 22.5 Å². The molecule has 0 atom stereocenters. The minimum atomic E-state index is -1.12. The maximum absolute atomic E-state index is 12.4. The highest BCUT2D eigenvalue weighted by atomic mass is 16.4. The van der Waals surface area contributed by atoms with Crippen molar-refractivity contribution in [2.45, 2.75) is 20.4 Å². The third kappa shape index (κ3) is 2.16. The van der Waals surface area contributed by atoms with Gasteiger partial charge in [0.1, 0.15) is 6.54 Å². The van der Waals surface area contributed by atoms with Crippen LogP contribution in [0.5, 0.6) is 0 Å². The number of aromatic nitrogens is 4. The fraction of sp³-hybridized carbons (Fsp3) is 0.200. The Morgan fingerprint density at radius 3 is 2.50 bits per heavy atom. The second kappa shape index (κ2) is 5.10. The van der Waals surface area contributed by atoms with E-state index in [-0.39, 0.29) is 5.52 Å². The first-order valence-electron chi connectivity index (χ1n) is 6.73. The maximum Gasteiger partial charge on any atom is 0.325 e. The van der Waals surface area contributed by atoms with E-state index in [0.29, 0.717) is 11.1 Å². The SMILES string of the molecule is Cc1nn(CC(=O)O)c(=O)c2nn(-c3ccccc3)c(C)c12. The first kappa shape index (κ1) is 14.0. The summed E-state index contributed by atoms with van der Waals surface area (Å²) < 4.78 is 2.60. The van der Waals surface area contributed by atoms with Gasteiger partial charge in [-0.3, -0.25) is 9.59 Å². The summed E-state index contributed by atoms with van der Waals surface area (Å²) in [4.78, 5) is 23.2. The third-order valence-corrected chi connectivity index (χ3v) is 3.47. The van der Waals surface area contributed by atoms with Crippen LogP contribution in [0, 0.1) is 13.8 Å². The molecule has 0 aliphatic rings. The van der Waals surface area contributed by atoms with Crippen molar-refractivity contribution in [1.82, 2.24) is 19.6 Å². The second-order valence-electron chi connectivity index (χ2n) is 5.00. The quantitative estimate of drug-likeness (QED) is 0.786. The van der Waals surface area contributed by atoms with Gasteiger partial charge in [-0.2, -0.15) is 10.2 Å². The van der Waals surface area contributed by atoms with Crippen LogP contribution in [0.3, 0.4) is 0 Å². The van der Waals surface area contributed by atoms with E-state index >= 15 is 0 Å². The van der Waals surface area contributed by atoms with E-state index in [9.17, 15) is 9.59 Å². The Morgan fingerprint density at radius 2 is 1.86 bits per heavy atom. The number of carboxylic acids is 1. The Balaban J connectivity index is 2.30. The van der Waals surface area contributed by atoms with Crippen molar-refractivity contribution in [2.75, 3.05) is 0 Å². The van der Waals surface area contributed by atoms with Crippen LogP contribution in [0.2, 0.25) is 0 Å². The molecular weight excluding hydrogens is 284 g/mol. The Morgan fingerprint density at radius 1 is 1.18 bits per heavy atom. The van der Waals surface area contributed by atoms with E-state index in [1.54, 1.807) is 11.6 Å². The summed E-state index contributed by atoms with van der Waals surface area (Å²) in [5.74, 6) is -1.12. The number of aliphatic carboxylic acids is 1. The Bertz CT molecular complexity index is 925. The van der Waals surface area contributed by atoms with Crippen LogP contribution >= 0.6 is 0 Å². The molecule has 1 aromatic carbocycles. The number of nitrogens with zero attached hydrogens (tertiary/aromatic N) is 4. The van der Waals surface area contributed by atoms with Gasteiger partial charge >= 0.3 is 5.97 Å². The van der Waals surface area contributed by atoms with Crippen LogP contribution in [-0.2, 0) is 11.3 Å². The van der Waals surface area contributed by atoms with Gasteiger partial charge in [0, 0.05) is 0 Å². The van der Waals surface area contributed by atoms with Crippen LogP contribution < -0.4 is 5.56 Å². The number of aryl methyl sites for hydroxylation is 2. The first-order chi connectivity index (χ1) is 10.5. The van der Waals surface area contributed by atoms with Crippen molar-refractivity contribution in [2.24, 2.45) is 0 Å². The molecule has 3 rings (SSSR count). The van der Waals surface area contributed by atoms with Crippen LogP contribution in [0.4, 0.5) is 0 Å². The molecule has 0 aliphatic heterocycles. The van der Waals surface area contributed by atoms with Gasteiger partial charge in [0.15, 0.2) is 5.52 Å². The fourth-order valence-corrected chi connectivity index (χ4v) is 2.54. The first-order valence-corrected chi connectivity index (χ1v) is 6.73. The molecule has 112 valence electrons. The molecule has 0 saturated heterocycles. The third-order valence-electron chi connectivity index (χ3n) is 3.47. The lowest BCUT2D eigenvalue weighted by molar-refractivity contribution is -0.138. The minimum Gasteiger partial charge on any atom is -0.480 e. The second-order valence-corrected chi connectivity index (χ2v) is 5.00. The van der Waals surface area contributed by atoms with Crippen molar-refractivity contribution in [3.63, 3.8) is 0 Å². The normalized spacial score (nSPS) is 11.0. The summed E-state index contributed by atoms with van der Waals surface area (Å²) in [6.45, 7) is 3.12. The maximum atomic E-state index is 12.4. The van der Waals surface area contributed by atoms with Crippen molar-refractivity contribution >= 4 is 16.9 Å². The van der Waals surface area contributed by atoms with E-state index in [0.717, 1.165) is 16.1 Å². The summed E-state index contributed by atoms with van der Waals surface area (Å²) in [7, 11) is 0. The number of para-hydroxylation sites is 1. The summed E-state index contributed by atoms with van der Waals surface area (Å²) in [6.07, 6.45) is 0. The standard InChI is InChI=1S/C15H14N4O3/c1-9-13-10(2)19(11-6-4-3-5-7-11)17-14(13)15(22)18(16-9)8-12(20)21/h3-7H,8H2,1-2H3,(H,20,21). The zero-order valence-electron chi connectivity index (χ0n) is 12.1. The van der Waals surface area contributed by atoms with Gasteiger partial charge in [-0.25, -0.2) is 9.36 Å². The zero-order valence-corrected chi connectivity index (χ0v) is 12.1. The lowest BCUT2D eigenvalue weighted by atomic mass is 10.2. The highest BCUT2D eigenvalue weighted by molar-refractivity contribution is 5.83. The molecule has 22 heavy (non-hydrogen) atoms. The number of carbonyl (C=O) groups is 1. The fourth-order valence-electron chi connectivity index (χ4n) is 2.54. The van der Waals surface area contributed by atoms with E-state index in [1.165, 1.54) is 0 Å². The molecule has 0 saturated carbocycles. The highest BCUT2D eigenvalue weighted by Gasteiger charge is 2.18. The number of fused-ring (bicyclic) bond motifs is 1. The van der Waals surface area contributed by atoms with Crippen LogP contribution in [-0.4, -0.2) is 30.6 Å². The molecule has 0 aliphatic carbocycles. The summed E-state index contributed by atoms with van der Waals surface area (Å²) in [5.41, 5.74) is 1.94. The topological polar surface area (TPSA) is 90.0 Å². The van der Waals surface area contributed by atoms with Gasteiger partial charge < -0.3 is 5.11 Å². The molecule has 0 fully saturated rings. The average Bonchev–Trinajstić information content (AvgIpc) is 2.83. The number of hydrogen-bond donors (Lipinski definition) is 1. The van der Waals surface area contributed by atoms with Crippen LogP contribution in [0.1, 0.15) is 11.4 Å². The molecule has 7 nitrogen and oxygen atoms in total. The minimum absolute atomic E-state index is 0.232. The molecule has 0 radical (unpaired) electrons. The zero-order chi connectivity index (χ0) is 15.9. The van der Waals surface area contributed by atoms with Gasteiger partial charge in [-0.15, -0.1) is 0 Å². The molecule has 3 aromatic rings. The number of rotatable bonds is 3. The molecule has 0 unspecified atom stereocenters. The lowest BCUT2D eigenvalue weighted by Crippen LogP contribution is -2.27. The molecule has 0 spiro atoms.